The van der Waals surface area contributed by atoms with E-state index in [1.165, 1.54) is 0 Å². The molecule has 33 heavy (non-hydrogen) atoms. The van der Waals surface area contributed by atoms with E-state index in [-0.39, 0.29) is 5.91 Å². The number of hydrogen-bond acceptors (Lipinski definition) is 5. The molecule has 1 atom stereocenters. The highest BCUT2D eigenvalue weighted by molar-refractivity contribution is 6.10. The monoisotopic (exact) mass is 450 g/mol. The summed E-state index contributed by atoms with van der Waals surface area (Å²) in [6.07, 6.45) is 1.37. The average molecular weight is 450 g/mol. The van der Waals surface area contributed by atoms with Gasteiger partial charge in [0.2, 0.25) is 11.8 Å². The van der Waals surface area contributed by atoms with Gasteiger partial charge in [-0.05, 0) is 62.2 Å². The second-order valence-electron chi connectivity index (χ2n) is 8.15. The summed E-state index contributed by atoms with van der Waals surface area (Å²) in [6, 6.07) is 13.2. The van der Waals surface area contributed by atoms with Crippen molar-refractivity contribution in [3.63, 3.8) is 0 Å². The highest BCUT2D eigenvalue weighted by atomic mass is 16.5. The summed E-state index contributed by atoms with van der Waals surface area (Å²) in [6.45, 7) is 4.28. The number of amides is 5. The lowest BCUT2D eigenvalue weighted by Crippen LogP contribution is -2.42. The molecule has 2 aromatic rings. The Morgan fingerprint density at radius 3 is 2.39 bits per heavy atom. The first-order valence-corrected chi connectivity index (χ1v) is 10.9. The van der Waals surface area contributed by atoms with Crippen LogP contribution in [0.4, 0.5) is 16.2 Å². The van der Waals surface area contributed by atoms with Gasteiger partial charge in [0.15, 0.2) is 0 Å². The number of carbonyl (C=O) groups excluding carboxylic acids is 4. The van der Waals surface area contributed by atoms with Crippen molar-refractivity contribution in [3.8, 4) is 5.75 Å². The highest BCUT2D eigenvalue weighted by Gasteiger charge is 2.49. The van der Waals surface area contributed by atoms with Gasteiger partial charge in [-0.1, -0.05) is 12.1 Å². The normalized spacial score (nSPS) is 20.2. The topological polar surface area (TPSA) is 108 Å². The van der Waals surface area contributed by atoms with E-state index >= 15 is 0 Å². The molecule has 0 spiro atoms. The summed E-state index contributed by atoms with van der Waals surface area (Å²) in [5.41, 5.74) is 0.609. The van der Waals surface area contributed by atoms with Gasteiger partial charge in [0.25, 0.3) is 5.91 Å². The number of imide groups is 1. The fourth-order valence-electron chi connectivity index (χ4n) is 4.08. The van der Waals surface area contributed by atoms with Crippen LogP contribution in [-0.2, 0) is 19.9 Å². The molecule has 4 rings (SSSR count). The zero-order valence-corrected chi connectivity index (χ0v) is 18.6. The molecule has 0 bridgehead atoms. The molecule has 0 aromatic heterocycles. The summed E-state index contributed by atoms with van der Waals surface area (Å²) in [4.78, 5) is 52.6. The largest absolute Gasteiger partial charge is 0.494 e. The van der Waals surface area contributed by atoms with E-state index < -0.39 is 29.9 Å². The first-order valence-electron chi connectivity index (χ1n) is 10.9. The second kappa shape index (κ2) is 8.93. The number of nitrogens with one attached hydrogen (secondary N) is 2. The van der Waals surface area contributed by atoms with Crippen molar-refractivity contribution in [2.45, 2.75) is 32.2 Å². The van der Waals surface area contributed by atoms with Gasteiger partial charge in [-0.25, -0.2) is 4.79 Å². The third kappa shape index (κ3) is 4.39. The zero-order chi connectivity index (χ0) is 23.6. The van der Waals surface area contributed by atoms with E-state index in [0.29, 0.717) is 36.6 Å². The first-order chi connectivity index (χ1) is 15.8. The molecule has 9 heteroatoms. The lowest BCUT2D eigenvalue weighted by Gasteiger charge is -2.22. The molecule has 0 unspecified atom stereocenters. The SMILES string of the molecule is CCOc1ccc([C@@]2(C)NC(=O)N(CC(=O)Nc3ccc(N4CCCC4=O)cc3)C2=O)cc1. The summed E-state index contributed by atoms with van der Waals surface area (Å²) >= 11 is 0. The molecular weight excluding hydrogens is 424 g/mol. The predicted octanol–water partition coefficient (Wildman–Crippen LogP) is 2.62. The van der Waals surface area contributed by atoms with Crippen molar-refractivity contribution in [2.75, 3.05) is 29.9 Å². The third-order valence-corrected chi connectivity index (χ3v) is 5.86. The minimum Gasteiger partial charge on any atom is -0.494 e. The zero-order valence-electron chi connectivity index (χ0n) is 18.6. The van der Waals surface area contributed by atoms with Crippen LogP contribution < -0.4 is 20.3 Å². The molecular formula is C24H26N4O5. The van der Waals surface area contributed by atoms with Gasteiger partial charge in [-0.2, -0.15) is 0 Å². The Labute approximate surface area is 191 Å². The number of anilines is 2. The Hall–Kier alpha value is -3.88. The molecule has 0 aliphatic carbocycles. The molecule has 0 saturated carbocycles. The minimum atomic E-state index is -1.27. The van der Waals surface area contributed by atoms with E-state index in [0.717, 1.165) is 17.0 Å². The van der Waals surface area contributed by atoms with Crippen LogP contribution in [0.25, 0.3) is 0 Å². The van der Waals surface area contributed by atoms with Crippen molar-refractivity contribution in [3.05, 3.63) is 54.1 Å². The molecule has 2 aliphatic rings. The van der Waals surface area contributed by atoms with Crippen molar-refractivity contribution >= 4 is 35.1 Å². The molecule has 2 aromatic carbocycles. The van der Waals surface area contributed by atoms with Crippen LogP contribution in [-0.4, -0.2) is 48.3 Å². The van der Waals surface area contributed by atoms with Crippen LogP contribution >= 0.6 is 0 Å². The van der Waals surface area contributed by atoms with Gasteiger partial charge >= 0.3 is 6.03 Å². The van der Waals surface area contributed by atoms with Crippen LogP contribution in [0.1, 0.15) is 32.3 Å². The van der Waals surface area contributed by atoms with E-state index in [1.807, 2.05) is 6.92 Å². The smallest absolute Gasteiger partial charge is 0.325 e. The molecule has 2 saturated heterocycles. The summed E-state index contributed by atoms with van der Waals surface area (Å²) in [5.74, 6) is -0.256. The first kappa shape index (κ1) is 22.3. The van der Waals surface area contributed by atoms with E-state index in [1.54, 1.807) is 60.4 Å². The number of benzene rings is 2. The van der Waals surface area contributed by atoms with Gasteiger partial charge < -0.3 is 20.3 Å². The van der Waals surface area contributed by atoms with Crippen LogP contribution in [0.15, 0.2) is 48.5 Å². The van der Waals surface area contributed by atoms with Gasteiger partial charge in [0.05, 0.1) is 6.61 Å². The Balaban J connectivity index is 1.40. The molecule has 172 valence electrons. The maximum absolute atomic E-state index is 13.1. The average Bonchev–Trinajstić information content (AvgIpc) is 3.32. The molecule has 2 fully saturated rings. The molecule has 2 heterocycles. The van der Waals surface area contributed by atoms with Gasteiger partial charge in [-0.3, -0.25) is 19.3 Å². The van der Waals surface area contributed by atoms with Crippen molar-refractivity contribution in [1.82, 2.24) is 10.2 Å². The van der Waals surface area contributed by atoms with E-state index in [4.69, 9.17) is 4.74 Å². The van der Waals surface area contributed by atoms with E-state index in [9.17, 15) is 19.2 Å². The predicted molar refractivity (Wildman–Crippen MR) is 122 cm³/mol. The van der Waals surface area contributed by atoms with Crippen molar-refractivity contribution in [1.29, 1.82) is 0 Å². The van der Waals surface area contributed by atoms with Gasteiger partial charge in [-0.15, -0.1) is 0 Å². The third-order valence-electron chi connectivity index (χ3n) is 5.86. The van der Waals surface area contributed by atoms with Crippen molar-refractivity contribution < 1.29 is 23.9 Å². The molecule has 0 radical (unpaired) electrons. The highest BCUT2D eigenvalue weighted by Crippen LogP contribution is 2.30. The lowest BCUT2D eigenvalue weighted by atomic mass is 9.92. The molecule has 2 aliphatic heterocycles. The van der Waals surface area contributed by atoms with Gasteiger partial charge in [0.1, 0.15) is 17.8 Å². The van der Waals surface area contributed by atoms with Crippen LogP contribution in [0.3, 0.4) is 0 Å². The number of nitrogens with zero attached hydrogens (tertiary/aromatic N) is 2. The molecule has 2 N–H and O–H groups in total. The fraction of sp³-hybridized carbons (Fsp3) is 0.333. The van der Waals surface area contributed by atoms with Gasteiger partial charge in [0, 0.05) is 24.3 Å². The summed E-state index contributed by atoms with van der Waals surface area (Å²) in [7, 11) is 0. The minimum absolute atomic E-state index is 0.0842. The number of urea groups is 1. The summed E-state index contributed by atoms with van der Waals surface area (Å²) in [5, 5.41) is 5.38. The van der Waals surface area contributed by atoms with E-state index in [2.05, 4.69) is 10.6 Å². The maximum atomic E-state index is 13.1. The Morgan fingerprint density at radius 2 is 1.79 bits per heavy atom. The fourth-order valence-corrected chi connectivity index (χ4v) is 4.08. The van der Waals surface area contributed by atoms with Crippen molar-refractivity contribution in [2.24, 2.45) is 0 Å². The standard InChI is InChI=1S/C24H26N4O5/c1-3-33-19-12-6-16(7-13-19)24(2)22(31)28(23(32)26-24)15-20(29)25-17-8-10-18(11-9-17)27-14-4-5-21(27)30/h6-13H,3-5,14-15H2,1-2H3,(H,25,29)(H,26,32)/t24-/m1/s1. The van der Waals surface area contributed by atoms with Crippen LogP contribution in [0.5, 0.6) is 5.75 Å². The number of rotatable bonds is 7. The van der Waals surface area contributed by atoms with Crippen LogP contribution in [0.2, 0.25) is 0 Å². The second-order valence-corrected chi connectivity index (χ2v) is 8.15. The Bertz CT molecular complexity index is 1080. The molecule has 9 nitrogen and oxygen atoms in total. The Morgan fingerprint density at radius 1 is 1.09 bits per heavy atom. The quantitative estimate of drug-likeness (QED) is 0.631. The lowest BCUT2D eigenvalue weighted by molar-refractivity contribution is -0.133. The number of ether oxygens (including phenoxy) is 1. The molecule has 5 amide bonds. The Kier molecular flexibility index (Phi) is 6.04. The number of carbonyl (C=O) groups is 4. The van der Waals surface area contributed by atoms with Crippen LogP contribution in [0, 0.1) is 0 Å². The number of hydrogen-bond donors (Lipinski definition) is 2. The summed E-state index contributed by atoms with van der Waals surface area (Å²) < 4.78 is 5.42. The maximum Gasteiger partial charge on any atom is 0.325 e.